The van der Waals surface area contributed by atoms with E-state index in [-0.39, 0.29) is 0 Å². The number of amides is 1. The number of rotatable bonds is 7. The van der Waals surface area contributed by atoms with E-state index in [1.165, 1.54) is 16.7 Å². The molecule has 2 heterocycles. The zero-order chi connectivity index (χ0) is 26.9. The molecule has 0 aliphatic carbocycles. The Bertz CT molecular complexity index is 1700. The van der Waals surface area contributed by atoms with E-state index in [9.17, 15) is 4.79 Å². The van der Waals surface area contributed by atoms with Gasteiger partial charge in [-0.25, -0.2) is 4.98 Å². The Hall–Kier alpha value is -4.42. The third-order valence-corrected chi connectivity index (χ3v) is 7.73. The first-order valence-electron chi connectivity index (χ1n) is 13.2. The lowest BCUT2D eigenvalue weighted by atomic mass is 9.95. The number of primary amides is 1. The van der Waals surface area contributed by atoms with E-state index in [2.05, 4.69) is 47.4 Å². The molecule has 1 aliphatic heterocycles. The molecule has 1 aliphatic rings. The summed E-state index contributed by atoms with van der Waals surface area (Å²) in [6, 6.07) is 26.7. The van der Waals surface area contributed by atoms with Crippen LogP contribution in [0.2, 0.25) is 0 Å². The second-order valence-corrected chi connectivity index (χ2v) is 10.1. The van der Waals surface area contributed by atoms with Crippen LogP contribution in [0.1, 0.15) is 27.0 Å². The lowest BCUT2D eigenvalue weighted by molar-refractivity contribution is 0.100. The Morgan fingerprint density at radius 3 is 2.41 bits per heavy atom. The number of nitrogens with two attached hydrogens (primary N) is 1. The number of para-hydroxylation sites is 1. The van der Waals surface area contributed by atoms with Crippen LogP contribution in [0.3, 0.4) is 0 Å². The summed E-state index contributed by atoms with van der Waals surface area (Å²) in [5.74, 6) is 1.11. The van der Waals surface area contributed by atoms with Crippen molar-refractivity contribution >= 4 is 27.7 Å². The van der Waals surface area contributed by atoms with Gasteiger partial charge in [0.05, 0.1) is 30.8 Å². The highest BCUT2D eigenvalue weighted by molar-refractivity contribution is 6.11. The van der Waals surface area contributed by atoms with Gasteiger partial charge in [0, 0.05) is 30.4 Å². The van der Waals surface area contributed by atoms with Crippen LogP contribution in [0.25, 0.3) is 32.9 Å². The molecule has 6 heteroatoms. The van der Waals surface area contributed by atoms with Crippen LogP contribution in [-0.4, -0.2) is 43.1 Å². The number of ether oxygens (including phenoxy) is 2. The van der Waals surface area contributed by atoms with Gasteiger partial charge < -0.3 is 15.2 Å². The van der Waals surface area contributed by atoms with Crippen molar-refractivity contribution in [2.75, 3.05) is 27.3 Å². The molecule has 0 spiro atoms. The van der Waals surface area contributed by atoms with Crippen LogP contribution in [0.4, 0.5) is 0 Å². The minimum atomic E-state index is -0.470. The number of benzene rings is 4. The summed E-state index contributed by atoms with van der Waals surface area (Å²) >= 11 is 0. The number of hydrogen-bond acceptors (Lipinski definition) is 5. The maximum atomic E-state index is 12.1. The molecule has 0 fully saturated rings. The zero-order valence-electron chi connectivity index (χ0n) is 22.2. The van der Waals surface area contributed by atoms with Crippen LogP contribution in [0.5, 0.6) is 11.5 Å². The Morgan fingerprint density at radius 2 is 1.67 bits per heavy atom. The minimum absolute atomic E-state index is 0.440. The van der Waals surface area contributed by atoms with Gasteiger partial charge in [-0.1, -0.05) is 48.5 Å². The molecule has 4 aromatic carbocycles. The average molecular weight is 518 g/mol. The van der Waals surface area contributed by atoms with E-state index in [0.717, 1.165) is 71.4 Å². The van der Waals surface area contributed by atoms with Gasteiger partial charge in [-0.3, -0.25) is 9.69 Å². The highest BCUT2D eigenvalue weighted by Crippen LogP contribution is 2.34. The van der Waals surface area contributed by atoms with E-state index >= 15 is 0 Å². The second-order valence-electron chi connectivity index (χ2n) is 10.1. The maximum absolute atomic E-state index is 12.1. The number of fused-ring (bicyclic) bond motifs is 3. The Balaban J connectivity index is 1.22. The number of pyridine rings is 1. The SMILES string of the molecule is COc1cc2c(cc1OC)CN(CCc1ccc(-c3ccc(C(N)=O)c4nc5ccccc5cc34)cc1)CC2. The van der Waals surface area contributed by atoms with Crippen molar-refractivity contribution in [3.63, 3.8) is 0 Å². The number of methoxy groups -OCH3 is 2. The fourth-order valence-corrected chi connectivity index (χ4v) is 5.58. The van der Waals surface area contributed by atoms with Crippen LogP contribution < -0.4 is 15.2 Å². The Morgan fingerprint density at radius 1 is 0.923 bits per heavy atom. The van der Waals surface area contributed by atoms with Crippen LogP contribution >= 0.6 is 0 Å². The fourth-order valence-electron chi connectivity index (χ4n) is 5.58. The standard InChI is InChI=1S/C33H31N3O3/c1-38-30-18-23-14-16-36(20-25(23)19-31(30)39-2)15-13-21-7-9-22(10-8-21)26-11-12-27(33(34)37)32-28(26)17-24-5-3-4-6-29(24)35-32/h3-12,17-19H,13-16,20H2,1-2H3,(H2,34,37). The minimum Gasteiger partial charge on any atom is -0.493 e. The molecule has 0 saturated carbocycles. The fraction of sp³-hybridized carbons (Fsp3) is 0.212. The van der Waals surface area contributed by atoms with Crippen LogP contribution in [-0.2, 0) is 19.4 Å². The highest BCUT2D eigenvalue weighted by atomic mass is 16.5. The number of aromatic nitrogens is 1. The molecule has 0 radical (unpaired) electrons. The molecule has 0 unspecified atom stereocenters. The number of carbonyl (C=O) groups is 1. The number of hydrogen-bond donors (Lipinski definition) is 1. The number of nitrogens with zero attached hydrogens (tertiary/aromatic N) is 2. The van der Waals surface area contributed by atoms with E-state index < -0.39 is 5.91 Å². The molecule has 1 amide bonds. The smallest absolute Gasteiger partial charge is 0.250 e. The van der Waals surface area contributed by atoms with Gasteiger partial charge >= 0.3 is 0 Å². The van der Waals surface area contributed by atoms with E-state index in [0.29, 0.717) is 11.1 Å². The first kappa shape index (κ1) is 24.9. The molecule has 2 N–H and O–H groups in total. The van der Waals surface area contributed by atoms with Crippen molar-refractivity contribution in [2.24, 2.45) is 5.73 Å². The predicted molar refractivity (Wildman–Crippen MR) is 155 cm³/mol. The predicted octanol–water partition coefficient (Wildman–Crippen LogP) is 5.77. The lowest BCUT2D eigenvalue weighted by Gasteiger charge is -2.29. The van der Waals surface area contributed by atoms with Crippen molar-refractivity contribution in [1.29, 1.82) is 0 Å². The quantitative estimate of drug-likeness (QED) is 0.277. The monoisotopic (exact) mass is 517 g/mol. The molecular formula is C33H31N3O3. The Kier molecular flexibility index (Phi) is 6.63. The molecule has 0 bridgehead atoms. The molecule has 6 nitrogen and oxygen atoms in total. The second kappa shape index (κ2) is 10.4. The molecular weight excluding hydrogens is 486 g/mol. The van der Waals surface area contributed by atoms with E-state index in [4.69, 9.17) is 20.2 Å². The van der Waals surface area contributed by atoms with Crippen molar-refractivity contribution in [2.45, 2.75) is 19.4 Å². The number of carbonyl (C=O) groups excluding carboxylic acids is 1. The topological polar surface area (TPSA) is 77.7 Å². The highest BCUT2D eigenvalue weighted by Gasteiger charge is 2.19. The maximum Gasteiger partial charge on any atom is 0.250 e. The summed E-state index contributed by atoms with van der Waals surface area (Å²) in [7, 11) is 3.37. The van der Waals surface area contributed by atoms with Crippen molar-refractivity contribution in [3.8, 4) is 22.6 Å². The molecule has 1 aromatic heterocycles. The van der Waals surface area contributed by atoms with Crippen molar-refractivity contribution in [1.82, 2.24) is 9.88 Å². The zero-order valence-corrected chi connectivity index (χ0v) is 22.2. The Labute approximate surface area is 228 Å². The average Bonchev–Trinajstić information content (AvgIpc) is 2.97. The molecule has 0 atom stereocenters. The van der Waals surface area contributed by atoms with Crippen molar-refractivity contribution in [3.05, 3.63) is 101 Å². The van der Waals surface area contributed by atoms with Gasteiger partial charge in [-0.2, -0.15) is 0 Å². The summed E-state index contributed by atoms with van der Waals surface area (Å²) in [4.78, 5) is 19.4. The van der Waals surface area contributed by atoms with Gasteiger partial charge in [0.15, 0.2) is 11.5 Å². The van der Waals surface area contributed by atoms with Gasteiger partial charge in [-0.05, 0) is 71.0 Å². The molecule has 196 valence electrons. The van der Waals surface area contributed by atoms with Gasteiger partial charge in [0.2, 0.25) is 0 Å². The van der Waals surface area contributed by atoms with Gasteiger partial charge in [0.1, 0.15) is 0 Å². The van der Waals surface area contributed by atoms with Crippen molar-refractivity contribution < 1.29 is 14.3 Å². The summed E-state index contributed by atoms with van der Waals surface area (Å²) in [6.45, 7) is 2.92. The third-order valence-electron chi connectivity index (χ3n) is 7.73. The van der Waals surface area contributed by atoms with Gasteiger partial charge in [-0.15, -0.1) is 0 Å². The van der Waals surface area contributed by atoms with Crippen LogP contribution in [0.15, 0.2) is 78.9 Å². The molecule has 39 heavy (non-hydrogen) atoms. The summed E-state index contributed by atoms with van der Waals surface area (Å²) in [5, 5.41) is 1.96. The molecule has 5 aromatic rings. The lowest BCUT2D eigenvalue weighted by Crippen LogP contribution is -2.32. The normalized spacial score (nSPS) is 13.4. The third kappa shape index (κ3) is 4.79. The summed E-state index contributed by atoms with van der Waals surface area (Å²) in [5.41, 5.74) is 13.7. The van der Waals surface area contributed by atoms with Crippen LogP contribution in [0, 0.1) is 0 Å². The van der Waals surface area contributed by atoms with E-state index in [1.54, 1.807) is 20.3 Å². The van der Waals surface area contributed by atoms with Gasteiger partial charge in [0.25, 0.3) is 5.91 Å². The molecule has 0 saturated heterocycles. The first-order chi connectivity index (χ1) is 19.0. The molecule has 6 rings (SSSR count). The van der Waals surface area contributed by atoms with E-state index in [1.807, 2.05) is 30.3 Å². The first-order valence-corrected chi connectivity index (χ1v) is 13.2. The summed E-state index contributed by atoms with van der Waals surface area (Å²) < 4.78 is 11.0. The largest absolute Gasteiger partial charge is 0.493 e. The summed E-state index contributed by atoms with van der Waals surface area (Å²) in [6.07, 6.45) is 1.97.